The predicted molar refractivity (Wildman–Crippen MR) is 125 cm³/mol. The van der Waals surface area contributed by atoms with E-state index >= 15 is 0 Å². The zero-order valence-electron chi connectivity index (χ0n) is 19.8. The number of aromatic hydroxyl groups is 2. The van der Waals surface area contributed by atoms with Crippen LogP contribution in [0.25, 0.3) is 0 Å². The smallest absolute Gasteiger partial charge is 0.198 e. The Kier molecular flexibility index (Phi) is 5.94. The van der Waals surface area contributed by atoms with Crippen molar-refractivity contribution < 1.29 is 44.6 Å². The molecule has 10 nitrogen and oxygen atoms in total. The first-order chi connectivity index (χ1) is 16.9. The molecule has 2 aromatic rings. The van der Waals surface area contributed by atoms with Gasteiger partial charge in [-0.3, -0.25) is 9.59 Å². The fraction of sp³-hybridized carbons (Fsp3) is 0.462. The molecule has 192 valence electrons. The molecule has 3 aliphatic rings. The summed E-state index contributed by atoms with van der Waals surface area (Å²) in [6.45, 7) is 3.01. The van der Waals surface area contributed by atoms with Crippen molar-refractivity contribution in [2.45, 2.75) is 75.5 Å². The lowest BCUT2D eigenvalue weighted by Gasteiger charge is -2.43. The molecule has 2 aromatic carbocycles. The first-order valence-electron chi connectivity index (χ1n) is 11.9. The zero-order chi connectivity index (χ0) is 26.1. The quantitative estimate of drug-likeness (QED) is 0.282. The molecule has 1 aliphatic heterocycles. The second-order valence-corrected chi connectivity index (χ2v) is 9.99. The van der Waals surface area contributed by atoms with E-state index < -0.39 is 65.4 Å². The topological polar surface area (TPSA) is 180 Å². The van der Waals surface area contributed by atoms with Gasteiger partial charge in [0.25, 0.3) is 0 Å². The molecule has 5 rings (SSSR count). The van der Waals surface area contributed by atoms with Crippen molar-refractivity contribution in [3.63, 3.8) is 0 Å². The molecule has 7 atom stereocenters. The summed E-state index contributed by atoms with van der Waals surface area (Å²) in [4.78, 5) is 26.6. The monoisotopic (exact) mass is 499 g/mol. The van der Waals surface area contributed by atoms with Crippen LogP contribution in [0.1, 0.15) is 75.8 Å². The molecule has 36 heavy (non-hydrogen) atoms. The van der Waals surface area contributed by atoms with Crippen LogP contribution in [0.3, 0.4) is 0 Å². The third-order valence-corrected chi connectivity index (χ3v) is 7.65. The van der Waals surface area contributed by atoms with Gasteiger partial charge in [-0.25, -0.2) is 0 Å². The van der Waals surface area contributed by atoms with Crippen LogP contribution in [0.15, 0.2) is 24.3 Å². The molecule has 0 aromatic heterocycles. The Balaban J connectivity index is 1.66. The Morgan fingerprint density at radius 2 is 1.69 bits per heavy atom. The first-order valence-corrected chi connectivity index (χ1v) is 11.9. The zero-order valence-corrected chi connectivity index (χ0v) is 19.8. The van der Waals surface area contributed by atoms with E-state index in [1.54, 1.807) is 19.1 Å². The van der Waals surface area contributed by atoms with E-state index in [0.29, 0.717) is 0 Å². The number of phenols is 2. The number of ether oxygens (including phenoxy) is 2. The van der Waals surface area contributed by atoms with Crippen LogP contribution in [0.5, 0.6) is 11.5 Å². The number of benzene rings is 2. The minimum Gasteiger partial charge on any atom is -0.507 e. The normalized spacial score (nSPS) is 32.4. The van der Waals surface area contributed by atoms with Crippen LogP contribution in [0.4, 0.5) is 0 Å². The van der Waals surface area contributed by atoms with E-state index in [1.807, 2.05) is 0 Å². The first kappa shape index (κ1) is 24.8. The molecule has 7 N–H and O–H groups in total. The molecule has 0 spiro atoms. The number of rotatable bonds is 3. The van der Waals surface area contributed by atoms with Crippen molar-refractivity contribution in [1.29, 1.82) is 0 Å². The standard InChI is InChI=1S/C26H29NO9/c1-10-21(29)15(27)7-17(35-10)36-16-9-26(34,11(2)28)8-14-18(16)25(33)20-19(24(14)32)22(30)12-5-3-4-6-13(12)23(20)31/h3-6,10-11,15-17,21,28-29,32-34H,7-9,27H2,1-2H3/t10-,11?,15-,16-,17-,21+,26-/m0/s1. The van der Waals surface area contributed by atoms with E-state index in [-0.39, 0.29) is 52.6 Å². The summed E-state index contributed by atoms with van der Waals surface area (Å²) in [5.41, 5.74) is 3.77. The fourth-order valence-corrected chi connectivity index (χ4v) is 5.50. The van der Waals surface area contributed by atoms with Gasteiger partial charge in [0.2, 0.25) is 0 Å². The van der Waals surface area contributed by atoms with E-state index in [9.17, 15) is 35.1 Å². The summed E-state index contributed by atoms with van der Waals surface area (Å²) in [6, 6.07) is 5.47. The number of carbonyl (C=O) groups is 2. The predicted octanol–water partition coefficient (Wildman–Crippen LogP) is 0.812. The van der Waals surface area contributed by atoms with Gasteiger partial charge in [0.05, 0.1) is 41.1 Å². The average molecular weight is 500 g/mol. The van der Waals surface area contributed by atoms with Gasteiger partial charge < -0.3 is 40.7 Å². The van der Waals surface area contributed by atoms with Gasteiger partial charge in [-0.1, -0.05) is 24.3 Å². The summed E-state index contributed by atoms with van der Waals surface area (Å²) in [5, 5.41) is 54.4. The minimum atomic E-state index is -1.78. The van der Waals surface area contributed by atoms with E-state index in [2.05, 4.69) is 0 Å². The van der Waals surface area contributed by atoms with E-state index in [0.717, 1.165) is 0 Å². The molecule has 10 heteroatoms. The van der Waals surface area contributed by atoms with Crippen LogP contribution >= 0.6 is 0 Å². The Labute approximate surface area is 206 Å². The van der Waals surface area contributed by atoms with Gasteiger partial charge >= 0.3 is 0 Å². The van der Waals surface area contributed by atoms with Crippen molar-refractivity contribution in [1.82, 2.24) is 0 Å². The van der Waals surface area contributed by atoms with Crippen molar-refractivity contribution in [2.75, 3.05) is 0 Å². The molecule has 0 amide bonds. The number of hydrogen-bond donors (Lipinski definition) is 6. The highest BCUT2D eigenvalue weighted by Gasteiger charge is 2.49. The number of nitrogens with two attached hydrogens (primary N) is 1. The summed E-state index contributed by atoms with van der Waals surface area (Å²) < 4.78 is 11.8. The summed E-state index contributed by atoms with van der Waals surface area (Å²) >= 11 is 0. The highest BCUT2D eigenvalue weighted by Crippen LogP contribution is 2.52. The van der Waals surface area contributed by atoms with Gasteiger partial charge in [-0.05, 0) is 13.8 Å². The molecule has 2 aliphatic carbocycles. The molecule has 1 heterocycles. The number of ketones is 2. The largest absolute Gasteiger partial charge is 0.507 e. The van der Waals surface area contributed by atoms with Crippen LogP contribution in [-0.2, 0) is 15.9 Å². The molecular formula is C26H29NO9. The van der Waals surface area contributed by atoms with Gasteiger partial charge in [0, 0.05) is 47.6 Å². The van der Waals surface area contributed by atoms with Crippen molar-refractivity contribution >= 4 is 11.6 Å². The second kappa shape index (κ2) is 8.62. The maximum atomic E-state index is 13.3. The van der Waals surface area contributed by atoms with Crippen LogP contribution in [0, 0.1) is 0 Å². The van der Waals surface area contributed by atoms with Crippen molar-refractivity contribution in [3.05, 3.63) is 57.6 Å². The summed E-state index contributed by atoms with van der Waals surface area (Å²) in [7, 11) is 0. The lowest BCUT2D eigenvalue weighted by molar-refractivity contribution is -0.250. The Hall–Kier alpha value is -2.86. The number of aliphatic hydroxyl groups excluding tert-OH is 2. The van der Waals surface area contributed by atoms with Gasteiger partial charge in [-0.2, -0.15) is 0 Å². The summed E-state index contributed by atoms with van der Waals surface area (Å²) in [5.74, 6) is -2.35. The molecule has 0 saturated carbocycles. The van der Waals surface area contributed by atoms with Gasteiger partial charge in [0.15, 0.2) is 17.9 Å². The SMILES string of the molecule is CC(O)[C@]1(O)Cc2c(O)c3c(c(O)c2[C@@H](O[C@H]2C[C@H](N)[C@H](O)[C@H](C)O2)C1)C(=O)c1ccccc1C3=O. The molecule has 1 fully saturated rings. The lowest BCUT2D eigenvalue weighted by atomic mass is 9.71. The molecule has 0 radical (unpaired) electrons. The molecule has 0 bridgehead atoms. The second-order valence-electron chi connectivity index (χ2n) is 9.99. The van der Waals surface area contributed by atoms with Gasteiger partial charge in [-0.15, -0.1) is 0 Å². The van der Waals surface area contributed by atoms with Gasteiger partial charge in [0.1, 0.15) is 11.5 Å². The minimum absolute atomic E-state index is 0.000350. The fourth-order valence-electron chi connectivity index (χ4n) is 5.50. The molecule has 1 unspecified atom stereocenters. The van der Waals surface area contributed by atoms with Crippen LogP contribution < -0.4 is 5.73 Å². The third-order valence-electron chi connectivity index (χ3n) is 7.65. The number of fused-ring (bicyclic) bond motifs is 3. The van der Waals surface area contributed by atoms with Crippen LogP contribution in [0.2, 0.25) is 0 Å². The van der Waals surface area contributed by atoms with E-state index in [4.69, 9.17) is 15.2 Å². The number of carbonyl (C=O) groups excluding carboxylic acids is 2. The molecule has 1 saturated heterocycles. The number of phenolic OH excluding ortho intramolecular Hbond substituents is 2. The number of hydrogen-bond acceptors (Lipinski definition) is 10. The Morgan fingerprint density at radius 1 is 1.11 bits per heavy atom. The Bertz CT molecular complexity index is 1250. The lowest BCUT2D eigenvalue weighted by Crippen LogP contribution is -2.53. The average Bonchev–Trinajstić information content (AvgIpc) is 2.82. The highest BCUT2D eigenvalue weighted by molar-refractivity contribution is 6.30. The number of aliphatic hydroxyl groups is 3. The van der Waals surface area contributed by atoms with Crippen LogP contribution in [-0.4, -0.2) is 73.3 Å². The van der Waals surface area contributed by atoms with E-state index in [1.165, 1.54) is 19.1 Å². The Morgan fingerprint density at radius 3 is 2.25 bits per heavy atom. The maximum Gasteiger partial charge on any atom is 0.198 e. The maximum absolute atomic E-state index is 13.3. The summed E-state index contributed by atoms with van der Waals surface area (Å²) in [6.07, 6.45) is -5.29. The third kappa shape index (κ3) is 3.64. The molecular weight excluding hydrogens is 470 g/mol. The highest BCUT2D eigenvalue weighted by atomic mass is 16.7. The van der Waals surface area contributed by atoms with Crippen molar-refractivity contribution in [2.24, 2.45) is 5.73 Å². The van der Waals surface area contributed by atoms with Crippen molar-refractivity contribution in [3.8, 4) is 11.5 Å².